The molecule has 0 saturated heterocycles. The lowest BCUT2D eigenvalue weighted by Gasteiger charge is -2.05. The van der Waals surface area contributed by atoms with Crippen LogP contribution in [-0.2, 0) is 12.6 Å². The summed E-state index contributed by atoms with van der Waals surface area (Å²) < 4.78 is 1.69. The van der Waals surface area contributed by atoms with Gasteiger partial charge in [-0.3, -0.25) is 0 Å². The third-order valence-corrected chi connectivity index (χ3v) is 2.66. The van der Waals surface area contributed by atoms with E-state index < -0.39 is 0 Å². The van der Waals surface area contributed by atoms with Gasteiger partial charge in [0.2, 0.25) is 0 Å². The summed E-state index contributed by atoms with van der Waals surface area (Å²) >= 11 is 4.98. The van der Waals surface area contributed by atoms with E-state index in [1.165, 1.54) is 0 Å². The lowest BCUT2D eigenvalue weighted by atomic mass is 10.1. The lowest BCUT2D eigenvalue weighted by molar-refractivity contribution is 0.884. The molecule has 84 valence electrons. The van der Waals surface area contributed by atoms with Crippen LogP contribution in [0, 0.1) is 6.92 Å². The van der Waals surface area contributed by atoms with Crippen LogP contribution in [-0.4, -0.2) is 19.6 Å². The molecule has 0 unspecified atom stereocenters. The van der Waals surface area contributed by atoms with Gasteiger partial charge in [0, 0.05) is 16.4 Å². The van der Waals surface area contributed by atoms with Crippen molar-refractivity contribution >= 4 is 18.4 Å². The molecule has 3 aromatic rings. The van der Waals surface area contributed by atoms with E-state index in [9.17, 15) is 0 Å². The predicted molar refractivity (Wildman–Crippen MR) is 66.6 cm³/mol. The highest BCUT2D eigenvalue weighted by Gasteiger charge is 2.07. The summed E-state index contributed by atoms with van der Waals surface area (Å²) in [6.07, 6.45) is 0. The highest BCUT2D eigenvalue weighted by atomic mass is 32.1. The minimum Gasteiger partial charge on any atom is -0.738 e. The molecule has 0 fully saturated rings. The number of nitrogens with zero attached hydrogens (tertiary/aromatic N) is 4. The monoisotopic (exact) mass is 241 g/mol. The highest BCUT2D eigenvalue weighted by molar-refractivity contribution is 7.58. The molecule has 17 heavy (non-hydrogen) atoms. The van der Waals surface area contributed by atoms with Crippen molar-refractivity contribution in [1.82, 2.24) is 19.6 Å². The fourth-order valence-corrected chi connectivity index (χ4v) is 1.95. The second kappa shape index (κ2) is 3.78. The van der Waals surface area contributed by atoms with E-state index in [0.29, 0.717) is 10.9 Å². The first-order valence-electron chi connectivity index (χ1n) is 5.21. The quantitative estimate of drug-likeness (QED) is 0.611. The van der Waals surface area contributed by atoms with Gasteiger partial charge in [-0.1, -0.05) is 30.3 Å². The first kappa shape index (κ1) is 10.2. The summed E-state index contributed by atoms with van der Waals surface area (Å²) in [5.41, 5.74) is 2.93. The van der Waals surface area contributed by atoms with E-state index in [1.54, 1.807) is 4.52 Å². The minimum absolute atomic E-state index is 0.320. The van der Waals surface area contributed by atoms with E-state index in [-0.39, 0.29) is 0 Å². The Hall–Kier alpha value is -2.01. The molecule has 1 aromatic carbocycles. The molecule has 0 N–H and O–H groups in total. The minimum atomic E-state index is 0.320. The zero-order chi connectivity index (χ0) is 11.8. The van der Waals surface area contributed by atoms with Gasteiger partial charge in [0.1, 0.15) is 0 Å². The van der Waals surface area contributed by atoms with Crippen LogP contribution in [0.25, 0.3) is 17.0 Å². The third kappa shape index (κ3) is 1.74. The number of aromatic nitrogens is 4. The topological polar surface area (TPSA) is 43.1 Å². The van der Waals surface area contributed by atoms with Gasteiger partial charge >= 0.3 is 0 Å². The van der Waals surface area contributed by atoms with Crippen molar-refractivity contribution in [2.24, 2.45) is 0 Å². The molecule has 0 radical (unpaired) electrons. The van der Waals surface area contributed by atoms with Crippen LogP contribution in [0.1, 0.15) is 5.69 Å². The molecule has 2 heterocycles. The second-order valence-corrected chi connectivity index (χ2v) is 4.12. The number of hydrogen-bond donors (Lipinski definition) is 0. The van der Waals surface area contributed by atoms with Crippen LogP contribution in [0.15, 0.2) is 41.6 Å². The Morgan fingerprint density at radius 2 is 1.88 bits per heavy atom. The molecule has 5 heteroatoms. The summed E-state index contributed by atoms with van der Waals surface area (Å²) in [5, 5.41) is 4.51. The average Bonchev–Trinajstić information content (AvgIpc) is 2.69. The van der Waals surface area contributed by atoms with E-state index in [2.05, 4.69) is 15.1 Å². The van der Waals surface area contributed by atoms with Gasteiger partial charge in [-0.15, -0.1) is 0 Å². The highest BCUT2D eigenvalue weighted by Crippen LogP contribution is 2.19. The second-order valence-electron chi connectivity index (χ2n) is 3.75. The van der Waals surface area contributed by atoms with Crippen molar-refractivity contribution in [3.8, 4) is 11.3 Å². The smallest absolute Gasteiger partial charge is 0.251 e. The Morgan fingerprint density at radius 1 is 1.12 bits per heavy atom. The molecule has 0 amide bonds. The predicted octanol–water partition coefficient (Wildman–Crippen LogP) is 2.01. The Labute approximate surface area is 104 Å². The third-order valence-electron chi connectivity index (χ3n) is 2.49. The average molecular weight is 241 g/mol. The maximum Gasteiger partial charge on any atom is 0.251 e. The number of fused-ring (bicyclic) bond motifs is 1. The summed E-state index contributed by atoms with van der Waals surface area (Å²) in [6.45, 7) is 1.93. The van der Waals surface area contributed by atoms with Gasteiger partial charge in [-0.2, -0.15) is 9.61 Å². The zero-order valence-corrected chi connectivity index (χ0v) is 9.98. The van der Waals surface area contributed by atoms with E-state index in [1.807, 2.05) is 43.3 Å². The molecule has 0 aliphatic carbocycles. The van der Waals surface area contributed by atoms with Crippen LogP contribution in [0.4, 0.5) is 0 Å². The Kier molecular flexibility index (Phi) is 2.26. The van der Waals surface area contributed by atoms with Gasteiger partial charge < -0.3 is 12.6 Å². The van der Waals surface area contributed by atoms with Crippen LogP contribution in [0.3, 0.4) is 0 Å². The molecule has 4 nitrogen and oxygen atoms in total. The summed E-state index contributed by atoms with van der Waals surface area (Å²) in [5.74, 6) is 0.550. The SMILES string of the molecule is Cc1cc(-c2ccccc2)n2nc([S-])nc2n1. The standard InChI is InChI=1S/C12H10N4S/c1-8-7-10(9-5-3-2-4-6-9)16-11(13-8)14-12(17)15-16/h2-7H,1H3,(H,15,17)/p-1. The molecule has 0 aliphatic rings. The lowest BCUT2D eigenvalue weighted by Crippen LogP contribution is -1.98. The fraction of sp³-hybridized carbons (Fsp3) is 0.0833. The van der Waals surface area contributed by atoms with Gasteiger partial charge in [0.25, 0.3) is 5.78 Å². The van der Waals surface area contributed by atoms with Gasteiger partial charge in [-0.05, 0) is 13.0 Å². The van der Waals surface area contributed by atoms with E-state index in [4.69, 9.17) is 12.6 Å². The maximum atomic E-state index is 4.98. The zero-order valence-electron chi connectivity index (χ0n) is 9.16. The van der Waals surface area contributed by atoms with E-state index in [0.717, 1.165) is 17.0 Å². The first-order chi connectivity index (χ1) is 8.24. The van der Waals surface area contributed by atoms with Crippen LogP contribution in [0.5, 0.6) is 0 Å². The van der Waals surface area contributed by atoms with Gasteiger partial charge in [-0.25, -0.2) is 9.97 Å². The Morgan fingerprint density at radius 3 is 2.65 bits per heavy atom. The first-order valence-corrected chi connectivity index (χ1v) is 5.62. The fourth-order valence-electron chi connectivity index (χ4n) is 1.78. The Balaban J connectivity index is 2.35. The number of aryl methyl sites for hydroxylation is 1. The van der Waals surface area contributed by atoms with Gasteiger partial charge in [0.05, 0.1) is 5.69 Å². The molecule has 0 atom stereocenters. The maximum absolute atomic E-state index is 4.98. The molecule has 3 rings (SSSR count). The van der Waals surface area contributed by atoms with E-state index >= 15 is 0 Å². The molecule has 0 bridgehead atoms. The molecular weight excluding hydrogens is 232 g/mol. The van der Waals surface area contributed by atoms with Crippen molar-refractivity contribution < 1.29 is 0 Å². The largest absolute Gasteiger partial charge is 0.738 e. The number of benzene rings is 1. The summed E-state index contributed by atoms with van der Waals surface area (Å²) in [4.78, 5) is 8.42. The molecule has 0 spiro atoms. The van der Waals surface area contributed by atoms with Gasteiger partial charge in [0.15, 0.2) is 0 Å². The number of hydrogen-bond acceptors (Lipinski definition) is 4. The molecule has 0 aliphatic heterocycles. The molecular formula is C12H9N4S-. The van der Waals surface area contributed by atoms with Crippen molar-refractivity contribution in [3.05, 3.63) is 42.1 Å². The summed E-state index contributed by atoms with van der Waals surface area (Å²) in [7, 11) is 0. The van der Waals surface area contributed by atoms with Crippen LogP contribution in [0.2, 0.25) is 0 Å². The van der Waals surface area contributed by atoms with Crippen molar-refractivity contribution in [2.45, 2.75) is 12.1 Å². The molecule has 0 saturated carbocycles. The normalized spacial score (nSPS) is 10.9. The van der Waals surface area contributed by atoms with Crippen LogP contribution >= 0.6 is 0 Å². The Bertz CT molecular complexity index is 676. The molecule has 2 aromatic heterocycles. The van der Waals surface area contributed by atoms with Crippen molar-refractivity contribution in [3.63, 3.8) is 0 Å². The van der Waals surface area contributed by atoms with Crippen molar-refractivity contribution in [1.29, 1.82) is 0 Å². The van der Waals surface area contributed by atoms with Crippen molar-refractivity contribution in [2.75, 3.05) is 0 Å². The number of rotatable bonds is 1. The summed E-state index contributed by atoms with van der Waals surface area (Å²) in [6, 6.07) is 12.0. The van der Waals surface area contributed by atoms with Crippen LogP contribution < -0.4 is 0 Å².